The second kappa shape index (κ2) is 4.15. The zero-order valence-electron chi connectivity index (χ0n) is 7.79. The summed E-state index contributed by atoms with van der Waals surface area (Å²) in [6, 6.07) is 0. The highest BCUT2D eigenvalue weighted by molar-refractivity contribution is 5.39. The molecule has 2 aromatic rings. The first-order valence-corrected chi connectivity index (χ1v) is 4.38. The van der Waals surface area contributed by atoms with Gasteiger partial charge in [-0.15, -0.1) is 0 Å². The Morgan fingerprint density at radius 3 is 3.13 bits per heavy atom. The summed E-state index contributed by atoms with van der Waals surface area (Å²) in [6.45, 7) is 0.348. The van der Waals surface area contributed by atoms with Crippen LogP contribution in [0.1, 0.15) is 18.4 Å². The summed E-state index contributed by atoms with van der Waals surface area (Å²) in [6.07, 6.45) is 0.874. The molecule has 8 heteroatoms. The van der Waals surface area contributed by atoms with E-state index in [1.54, 1.807) is 0 Å². The number of hydrogen-bond acceptors (Lipinski definition) is 7. The second-order valence-electron chi connectivity index (χ2n) is 2.88. The van der Waals surface area contributed by atoms with Crippen molar-refractivity contribution in [1.82, 2.24) is 25.3 Å². The molecule has 2 aromatic heterocycles. The average Bonchev–Trinajstić information content (AvgIpc) is 2.89. The lowest BCUT2D eigenvalue weighted by molar-refractivity contribution is 0.127. The smallest absolute Gasteiger partial charge is 0.255 e. The van der Waals surface area contributed by atoms with Crippen LogP contribution in [-0.2, 0) is 0 Å². The molecular weight excluding hydrogens is 200 g/mol. The van der Waals surface area contributed by atoms with Gasteiger partial charge in [0.15, 0.2) is 5.82 Å². The van der Waals surface area contributed by atoms with Crippen LogP contribution in [0.5, 0.6) is 0 Å². The third-order valence-electron chi connectivity index (χ3n) is 1.79. The molecule has 0 spiro atoms. The Balaban J connectivity index is 2.17. The van der Waals surface area contributed by atoms with E-state index in [2.05, 4.69) is 25.3 Å². The number of nitrogens with two attached hydrogens (primary N) is 1. The van der Waals surface area contributed by atoms with Crippen LogP contribution in [0.15, 0.2) is 10.9 Å². The van der Waals surface area contributed by atoms with Crippen LogP contribution in [0.3, 0.4) is 0 Å². The van der Waals surface area contributed by atoms with Crippen molar-refractivity contribution in [2.24, 2.45) is 5.73 Å². The average molecular weight is 210 g/mol. The lowest BCUT2D eigenvalue weighted by Gasteiger charge is -2.00. The number of nitrogens with one attached hydrogen (secondary N) is 1. The molecule has 0 aliphatic carbocycles. The van der Waals surface area contributed by atoms with Gasteiger partial charge in [-0.25, -0.2) is 4.98 Å². The normalized spacial score (nSPS) is 12.9. The number of aromatic nitrogens is 5. The Morgan fingerprint density at radius 1 is 1.60 bits per heavy atom. The monoisotopic (exact) mass is 210 g/mol. The minimum absolute atomic E-state index is 0.131. The Bertz CT molecular complexity index is 411. The quantitative estimate of drug-likeness (QED) is 0.605. The molecule has 15 heavy (non-hydrogen) atoms. The number of hydrogen-bond donors (Lipinski definition) is 3. The Morgan fingerprint density at radius 2 is 2.47 bits per heavy atom. The molecule has 0 unspecified atom stereocenters. The maximum Gasteiger partial charge on any atom is 0.255 e. The molecule has 1 atom stereocenters. The van der Waals surface area contributed by atoms with Gasteiger partial charge in [0.25, 0.3) is 5.89 Å². The fourth-order valence-electron chi connectivity index (χ4n) is 1.06. The zero-order valence-corrected chi connectivity index (χ0v) is 7.79. The van der Waals surface area contributed by atoms with Crippen molar-refractivity contribution in [3.05, 3.63) is 12.2 Å². The molecule has 0 aliphatic rings. The Kier molecular flexibility index (Phi) is 2.70. The van der Waals surface area contributed by atoms with Gasteiger partial charge in [-0.3, -0.25) is 5.10 Å². The van der Waals surface area contributed by atoms with E-state index in [9.17, 15) is 5.11 Å². The molecular formula is C7H10N6O2. The summed E-state index contributed by atoms with van der Waals surface area (Å²) in [5.74, 6) is 0.787. The van der Waals surface area contributed by atoms with Crippen LogP contribution in [0.2, 0.25) is 0 Å². The summed E-state index contributed by atoms with van der Waals surface area (Å²) in [5, 5.41) is 19.4. The zero-order chi connectivity index (χ0) is 10.7. The number of aliphatic hydroxyl groups excluding tert-OH is 1. The van der Waals surface area contributed by atoms with Gasteiger partial charge in [0, 0.05) is 0 Å². The number of nitrogens with zero attached hydrogens (tertiary/aromatic N) is 4. The molecule has 8 nitrogen and oxygen atoms in total. The third-order valence-corrected chi connectivity index (χ3v) is 1.79. The largest absolute Gasteiger partial charge is 0.383 e. The highest BCUT2D eigenvalue weighted by Crippen LogP contribution is 2.16. The third kappa shape index (κ3) is 2.00. The van der Waals surface area contributed by atoms with E-state index in [1.807, 2.05) is 0 Å². The summed E-state index contributed by atoms with van der Waals surface area (Å²) >= 11 is 0. The van der Waals surface area contributed by atoms with Gasteiger partial charge in [0.05, 0.1) is 0 Å². The maximum atomic E-state index is 9.51. The highest BCUT2D eigenvalue weighted by Gasteiger charge is 2.17. The molecule has 0 saturated carbocycles. The van der Waals surface area contributed by atoms with Gasteiger partial charge >= 0.3 is 0 Å². The van der Waals surface area contributed by atoms with E-state index in [1.165, 1.54) is 6.33 Å². The first kappa shape index (κ1) is 9.74. The standard InChI is InChI=1S/C7H10N6O2/c8-2-1-4(14)7-11-6(13-15-7)5-9-3-10-12-5/h3-4,14H,1-2,8H2,(H,9,10,12)/t4-/m0/s1. The first-order valence-electron chi connectivity index (χ1n) is 4.38. The Labute approximate surface area is 84.5 Å². The van der Waals surface area contributed by atoms with Crippen LogP contribution in [0, 0.1) is 0 Å². The summed E-state index contributed by atoms with van der Waals surface area (Å²) in [5.41, 5.74) is 5.29. The second-order valence-corrected chi connectivity index (χ2v) is 2.88. The van der Waals surface area contributed by atoms with Crippen LogP contribution in [0.4, 0.5) is 0 Å². The van der Waals surface area contributed by atoms with Gasteiger partial charge < -0.3 is 15.4 Å². The number of rotatable bonds is 4. The molecule has 0 saturated heterocycles. The predicted molar refractivity (Wildman–Crippen MR) is 48.3 cm³/mol. The van der Waals surface area contributed by atoms with Crippen molar-refractivity contribution in [3.63, 3.8) is 0 Å². The van der Waals surface area contributed by atoms with Crippen LogP contribution >= 0.6 is 0 Å². The van der Waals surface area contributed by atoms with Crippen molar-refractivity contribution in [2.75, 3.05) is 6.54 Å². The van der Waals surface area contributed by atoms with Crippen molar-refractivity contribution in [2.45, 2.75) is 12.5 Å². The number of H-pyrrole nitrogens is 1. The van der Waals surface area contributed by atoms with Gasteiger partial charge in [-0.05, 0) is 13.0 Å². The molecule has 0 amide bonds. The molecule has 2 heterocycles. The fourth-order valence-corrected chi connectivity index (χ4v) is 1.06. The molecule has 0 bridgehead atoms. The van der Waals surface area contributed by atoms with E-state index in [-0.39, 0.29) is 11.7 Å². The minimum atomic E-state index is -0.834. The van der Waals surface area contributed by atoms with Crippen molar-refractivity contribution in [3.8, 4) is 11.6 Å². The molecule has 4 N–H and O–H groups in total. The fraction of sp³-hybridized carbons (Fsp3) is 0.429. The van der Waals surface area contributed by atoms with Gasteiger partial charge in [-0.2, -0.15) is 10.1 Å². The van der Waals surface area contributed by atoms with E-state index >= 15 is 0 Å². The summed E-state index contributed by atoms with van der Waals surface area (Å²) in [7, 11) is 0. The maximum absolute atomic E-state index is 9.51. The molecule has 0 aliphatic heterocycles. The van der Waals surface area contributed by atoms with Gasteiger partial charge in [0.2, 0.25) is 5.82 Å². The number of aliphatic hydroxyl groups is 1. The van der Waals surface area contributed by atoms with Crippen molar-refractivity contribution < 1.29 is 9.63 Å². The lowest BCUT2D eigenvalue weighted by atomic mass is 10.2. The minimum Gasteiger partial charge on any atom is -0.383 e. The van der Waals surface area contributed by atoms with E-state index in [4.69, 9.17) is 10.3 Å². The lowest BCUT2D eigenvalue weighted by Crippen LogP contribution is -2.06. The molecule has 0 aromatic carbocycles. The Hall–Kier alpha value is -1.80. The number of aromatic amines is 1. The summed E-state index contributed by atoms with van der Waals surface area (Å²) < 4.78 is 4.85. The molecule has 2 rings (SSSR count). The van der Waals surface area contributed by atoms with Crippen LogP contribution in [-0.4, -0.2) is 37.0 Å². The molecule has 0 radical (unpaired) electrons. The van der Waals surface area contributed by atoms with E-state index in [0.717, 1.165) is 0 Å². The van der Waals surface area contributed by atoms with Crippen LogP contribution in [0.25, 0.3) is 11.6 Å². The molecule has 0 fully saturated rings. The van der Waals surface area contributed by atoms with Crippen molar-refractivity contribution in [1.29, 1.82) is 0 Å². The van der Waals surface area contributed by atoms with Crippen LogP contribution < -0.4 is 5.73 Å². The first-order chi connectivity index (χ1) is 7.31. The predicted octanol–water partition coefficient (Wildman–Crippen LogP) is -0.763. The van der Waals surface area contributed by atoms with E-state index in [0.29, 0.717) is 18.8 Å². The van der Waals surface area contributed by atoms with Crippen molar-refractivity contribution >= 4 is 0 Å². The van der Waals surface area contributed by atoms with E-state index < -0.39 is 6.10 Å². The van der Waals surface area contributed by atoms with Gasteiger partial charge in [0.1, 0.15) is 12.4 Å². The topological polar surface area (TPSA) is 127 Å². The highest BCUT2D eigenvalue weighted by atomic mass is 16.5. The summed E-state index contributed by atoms with van der Waals surface area (Å²) in [4.78, 5) is 7.80. The molecule has 80 valence electrons. The SMILES string of the molecule is NCC[C@H](O)c1nc(-c2ncn[nH]2)no1. The van der Waals surface area contributed by atoms with Gasteiger partial charge in [-0.1, -0.05) is 5.16 Å².